The van der Waals surface area contributed by atoms with Crippen molar-refractivity contribution >= 4 is 8.56 Å². The van der Waals surface area contributed by atoms with Crippen LogP contribution in [0.2, 0.25) is 12.6 Å². The predicted molar refractivity (Wildman–Crippen MR) is 77.9 cm³/mol. The maximum absolute atomic E-state index is 6.46. The van der Waals surface area contributed by atoms with Gasteiger partial charge in [0.25, 0.3) is 0 Å². The zero-order valence-corrected chi connectivity index (χ0v) is 13.4. The lowest BCUT2D eigenvalue weighted by atomic mass is 9.82. The van der Waals surface area contributed by atoms with Crippen molar-refractivity contribution < 1.29 is 8.85 Å². The minimum absolute atomic E-state index is 0.420. The summed E-state index contributed by atoms with van der Waals surface area (Å²) in [7, 11) is -1.92. The van der Waals surface area contributed by atoms with Gasteiger partial charge in [-0.05, 0) is 51.1 Å². The summed E-state index contributed by atoms with van der Waals surface area (Å²) < 4.78 is 12.6. The summed E-state index contributed by atoms with van der Waals surface area (Å²) >= 11 is 0. The maximum Gasteiger partial charge on any atom is 0.335 e. The molecule has 3 heteroatoms. The van der Waals surface area contributed by atoms with Gasteiger partial charge in [0.1, 0.15) is 0 Å². The van der Waals surface area contributed by atoms with Crippen molar-refractivity contribution in [3.63, 3.8) is 0 Å². The van der Waals surface area contributed by atoms with Crippen molar-refractivity contribution in [1.29, 1.82) is 0 Å². The molecule has 0 aromatic rings. The molecule has 0 aromatic heterocycles. The second-order valence-electron chi connectivity index (χ2n) is 6.44. The second kappa shape index (κ2) is 6.53. The first kappa shape index (κ1) is 14.5. The third-order valence-electron chi connectivity index (χ3n) is 4.83. The second-order valence-corrected chi connectivity index (χ2v) is 9.64. The highest BCUT2D eigenvalue weighted by molar-refractivity contribution is 6.66. The lowest BCUT2D eigenvalue weighted by molar-refractivity contribution is 0.0546. The van der Waals surface area contributed by atoms with Crippen LogP contribution in [0, 0.1) is 11.8 Å². The van der Waals surface area contributed by atoms with Crippen molar-refractivity contribution in [3.8, 4) is 0 Å². The highest BCUT2D eigenvalue weighted by Crippen LogP contribution is 2.36. The van der Waals surface area contributed by atoms with Gasteiger partial charge in [0.2, 0.25) is 0 Å². The van der Waals surface area contributed by atoms with Gasteiger partial charge in [0.05, 0.1) is 0 Å². The average Bonchev–Trinajstić information content (AvgIpc) is 2.66. The van der Waals surface area contributed by atoms with Crippen LogP contribution in [-0.4, -0.2) is 21.3 Å². The zero-order chi connectivity index (χ0) is 13.0. The van der Waals surface area contributed by atoms with Gasteiger partial charge in [0.15, 0.2) is 0 Å². The van der Waals surface area contributed by atoms with Crippen LogP contribution in [0.25, 0.3) is 0 Å². The van der Waals surface area contributed by atoms with Gasteiger partial charge in [-0.25, -0.2) is 0 Å². The van der Waals surface area contributed by atoms with Gasteiger partial charge in [0, 0.05) is 12.7 Å². The maximum atomic E-state index is 6.46. The fourth-order valence-corrected chi connectivity index (χ4v) is 6.91. The third-order valence-corrected chi connectivity index (χ3v) is 7.92. The van der Waals surface area contributed by atoms with Crippen molar-refractivity contribution in [1.82, 2.24) is 0 Å². The Balaban J connectivity index is 1.86. The molecule has 2 atom stereocenters. The Hall–Kier alpha value is 0.137. The monoisotopic (exact) mass is 270 g/mol. The molecule has 2 nitrogen and oxygen atoms in total. The highest BCUT2D eigenvalue weighted by Gasteiger charge is 2.39. The van der Waals surface area contributed by atoms with Crippen LogP contribution >= 0.6 is 0 Å². The van der Waals surface area contributed by atoms with Gasteiger partial charge < -0.3 is 8.85 Å². The first-order chi connectivity index (χ1) is 8.63. The van der Waals surface area contributed by atoms with Crippen LogP contribution in [0.3, 0.4) is 0 Å². The van der Waals surface area contributed by atoms with E-state index in [1.54, 1.807) is 0 Å². The molecular weight excluding hydrogens is 240 g/mol. The molecule has 18 heavy (non-hydrogen) atoms. The van der Waals surface area contributed by atoms with Crippen LogP contribution in [0.1, 0.15) is 58.8 Å². The fraction of sp³-hybridized carbons (Fsp3) is 1.00. The normalized spacial score (nSPS) is 26.8. The van der Waals surface area contributed by atoms with E-state index in [1.807, 2.05) is 0 Å². The van der Waals surface area contributed by atoms with E-state index in [9.17, 15) is 0 Å². The Bertz CT molecular complexity index is 249. The molecule has 0 radical (unpaired) electrons. The Morgan fingerprint density at radius 3 is 2.28 bits per heavy atom. The standard InChI is InChI=1S/C15H30O2Si/c1-4-16-18(3,12-14-8-5-6-9-14)17-13(2)15-10-7-11-15/h13-15H,4-12H2,1-3H3. The molecule has 2 aliphatic rings. The number of hydrogen-bond donors (Lipinski definition) is 0. The van der Waals surface area contributed by atoms with E-state index >= 15 is 0 Å². The largest absolute Gasteiger partial charge is 0.395 e. The van der Waals surface area contributed by atoms with E-state index in [-0.39, 0.29) is 0 Å². The minimum atomic E-state index is -1.92. The first-order valence-electron chi connectivity index (χ1n) is 7.95. The lowest BCUT2D eigenvalue weighted by Gasteiger charge is -2.38. The molecule has 0 spiro atoms. The molecular formula is C15H30O2Si. The highest BCUT2D eigenvalue weighted by atomic mass is 28.4. The summed E-state index contributed by atoms with van der Waals surface area (Å²) in [4.78, 5) is 0. The van der Waals surface area contributed by atoms with Gasteiger partial charge >= 0.3 is 8.56 Å². The molecule has 2 unspecified atom stereocenters. The first-order valence-corrected chi connectivity index (χ1v) is 10.5. The molecule has 0 N–H and O–H groups in total. The molecule has 2 fully saturated rings. The Kier molecular flexibility index (Phi) is 5.28. The smallest absolute Gasteiger partial charge is 0.335 e. The topological polar surface area (TPSA) is 18.5 Å². The molecule has 2 aliphatic carbocycles. The van der Waals surface area contributed by atoms with E-state index < -0.39 is 8.56 Å². The van der Waals surface area contributed by atoms with Crippen LogP contribution in [0.4, 0.5) is 0 Å². The van der Waals surface area contributed by atoms with Gasteiger partial charge in [-0.1, -0.05) is 32.1 Å². The molecule has 0 bridgehead atoms. The summed E-state index contributed by atoms with van der Waals surface area (Å²) in [6.07, 6.45) is 10.2. The summed E-state index contributed by atoms with van der Waals surface area (Å²) in [6, 6.07) is 1.22. The minimum Gasteiger partial charge on any atom is -0.395 e. The van der Waals surface area contributed by atoms with Crippen molar-refractivity contribution in [2.75, 3.05) is 6.61 Å². The van der Waals surface area contributed by atoms with E-state index in [4.69, 9.17) is 8.85 Å². The molecule has 0 heterocycles. The Morgan fingerprint density at radius 1 is 1.11 bits per heavy atom. The molecule has 2 rings (SSSR count). The van der Waals surface area contributed by atoms with Crippen molar-refractivity contribution in [2.24, 2.45) is 11.8 Å². The molecule has 106 valence electrons. The summed E-state index contributed by atoms with van der Waals surface area (Å²) in [5.74, 6) is 1.68. The zero-order valence-electron chi connectivity index (χ0n) is 12.4. The number of hydrogen-bond acceptors (Lipinski definition) is 2. The van der Waals surface area contributed by atoms with E-state index in [0.29, 0.717) is 6.10 Å². The Labute approximate surface area is 114 Å². The average molecular weight is 270 g/mol. The predicted octanol–water partition coefficient (Wildman–Crippen LogP) is 4.49. The molecule has 0 aliphatic heterocycles. The molecule has 0 saturated heterocycles. The van der Waals surface area contributed by atoms with Crippen molar-refractivity contribution in [2.45, 2.75) is 77.5 Å². The fourth-order valence-electron chi connectivity index (χ4n) is 3.58. The van der Waals surface area contributed by atoms with Gasteiger partial charge in [-0.15, -0.1) is 0 Å². The van der Waals surface area contributed by atoms with Crippen molar-refractivity contribution in [3.05, 3.63) is 0 Å². The van der Waals surface area contributed by atoms with Gasteiger partial charge in [-0.3, -0.25) is 0 Å². The van der Waals surface area contributed by atoms with Crippen LogP contribution in [0.5, 0.6) is 0 Å². The van der Waals surface area contributed by atoms with E-state index in [0.717, 1.165) is 18.4 Å². The molecule has 0 amide bonds. The summed E-state index contributed by atoms with van der Waals surface area (Å²) in [6.45, 7) is 7.48. The number of rotatable bonds is 7. The van der Waals surface area contributed by atoms with E-state index in [1.165, 1.54) is 51.0 Å². The summed E-state index contributed by atoms with van der Waals surface area (Å²) in [5.41, 5.74) is 0. The van der Waals surface area contributed by atoms with Crippen LogP contribution < -0.4 is 0 Å². The molecule has 2 saturated carbocycles. The molecule has 0 aromatic carbocycles. The van der Waals surface area contributed by atoms with E-state index in [2.05, 4.69) is 20.4 Å². The Morgan fingerprint density at radius 2 is 1.78 bits per heavy atom. The lowest BCUT2D eigenvalue weighted by Crippen LogP contribution is -2.45. The van der Waals surface area contributed by atoms with Crippen LogP contribution in [0.15, 0.2) is 0 Å². The SMILES string of the molecule is CCO[Si](C)(CC1CCCC1)OC(C)C1CCC1. The quantitative estimate of drug-likeness (QED) is 0.635. The van der Waals surface area contributed by atoms with Gasteiger partial charge in [-0.2, -0.15) is 0 Å². The summed E-state index contributed by atoms with van der Waals surface area (Å²) in [5, 5.41) is 0. The van der Waals surface area contributed by atoms with Crippen LogP contribution in [-0.2, 0) is 8.85 Å². The third kappa shape index (κ3) is 3.81.